The first kappa shape index (κ1) is 27.3. The molecule has 0 bridgehead atoms. The second kappa shape index (κ2) is 13.7. The van der Waals surface area contributed by atoms with Crippen LogP contribution in [0, 0.1) is 0 Å². The van der Waals surface area contributed by atoms with Crippen molar-refractivity contribution in [2.24, 2.45) is 0 Å². The fraction of sp³-hybridized carbons (Fsp3) is 0.290. The van der Waals surface area contributed by atoms with Gasteiger partial charge in [0.25, 0.3) is 0 Å². The van der Waals surface area contributed by atoms with E-state index in [0.717, 1.165) is 5.56 Å². The van der Waals surface area contributed by atoms with Crippen molar-refractivity contribution in [1.82, 2.24) is 0 Å². The van der Waals surface area contributed by atoms with Crippen molar-refractivity contribution in [3.05, 3.63) is 120 Å². The third kappa shape index (κ3) is 7.38. The first-order chi connectivity index (χ1) is 18.5. The van der Waals surface area contributed by atoms with Gasteiger partial charge in [0, 0.05) is 6.42 Å². The highest BCUT2D eigenvalue weighted by molar-refractivity contribution is 5.90. The predicted octanol–water partition coefficient (Wildman–Crippen LogP) is 4.75. The summed E-state index contributed by atoms with van der Waals surface area (Å²) in [5, 5.41) is 11.0. The molecule has 1 aliphatic rings. The zero-order chi connectivity index (χ0) is 26.7. The summed E-state index contributed by atoms with van der Waals surface area (Å²) in [6.07, 6.45) is -1.28. The van der Waals surface area contributed by atoms with E-state index in [0.29, 0.717) is 17.5 Å². The van der Waals surface area contributed by atoms with Crippen LogP contribution in [0.3, 0.4) is 0 Å². The molecule has 0 saturated carbocycles. The Morgan fingerprint density at radius 2 is 1.45 bits per heavy atom. The van der Waals surface area contributed by atoms with E-state index in [-0.39, 0.29) is 19.6 Å². The van der Waals surface area contributed by atoms with E-state index >= 15 is 0 Å². The van der Waals surface area contributed by atoms with Crippen molar-refractivity contribution in [3.63, 3.8) is 0 Å². The van der Waals surface area contributed by atoms with Gasteiger partial charge in [-0.25, -0.2) is 9.59 Å². The normalized spacial score (nSPS) is 21.4. The highest BCUT2D eigenvalue weighted by atomic mass is 16.6. The fourth-order valence-corrected chi connectivity index (χ4v) is 4.36. The van der Waals surface area contributed by atoms with E-state index in [9.17, 15) is 14.7 Å². The summed E-state index contributed by atoms with van der Waals surface area (Å²) in [6.45, 7) is 3.85. The molecular weight excluding hydrogens is 484 g/mol. The molecule has 0 aromatic heterocycles. The molecule has 1 saturated heterocycles. The van der Waals surface area contributed by atoms with Crippen LogP contribution in [0.4, 0.5) is 0 Å². The number of hydrogen-bond donors (Lipinski definition) is 1. The number of aliphatic hydroxyl groups is 1. The Morgan fingerprint density at radius 3 is 2.05 bits per heavy atom. The number of hydrogen-bond acceptors (Lipinski definition) is 7. The molecule has 198 valence electrons. The molecule has 0 amide bonds. The molecule has 2 unspecified atom stereocenters. The second-order valence-corrected chi connectivity index (χ2v) is 9.08. The van der Waals surface area contributed by atoms with Crippen LogP contribution in [0.25, 0.3) is 0 Å². The molecule has 7 heteroatoms. The van der Waals surface area contributed by atoms with Gasteiger partial charge in [0.2, 0.25) is 0 Å². The number of aliphatic hydroxyl groups excluding tert-OH is 1. The molecule has 0 radical (unpaired) electrons. The molecule has 7 nitrogen and oxygen atoms in total. The van der Waals surface area contributed by atoms with Crippen LogP contribution in [-0.4, -0.2) is 54.2 Å². The van der Waals surface area contributed by atoms with Crippen LogP contribution in [0.15, 0.2) is 104 Å². The van der Waals surface area contributed by atoms with E-state index < -0.39 is 42.5 Å². The van der Waals surface area contributed by atoms with Gasteiger partial charge < -0.3 is 24.1 Å². The second-order valence-electron chi connectivity index (χ2n) is 9.08. The van der Waals surface area contributed by atoms with Gasteiger partial charge in [-0.05, 0) is 36.2 Å². The van der Waals surface area contributed by atoms with Crippen molar-refractivity contribution in [2.75, 3.05) is 6.61 Å². The van der Waals surface area contributed by atoms with Crippen molar-refractivity contribution in [2.45, 2.75) is 50.0 Å². The average molecular weight is 517 g/mol. The Labute approximate surface area is 222 Å². The zero-order valence-corrected chi connectivity index (χ0v) is 21.1. The van der Waals surface area contributed by atoms with Crippen LogP contribution in [0.2, 0.25) is 0 Å². The zero-order valence-electron chi connectivity index (χ0n) is 21.1. The maximum absolute atomic E-state index is 12.9. The molecule has 38 heavy (non-hydrogen) atoms. The summed E-state index contributed by atoms with van der Waals surface area (Å²) >= 11 is 0. The summed E-state index contributed by atoms with van der Waals surface area (Å²) in [7, 11) is 0. The van der Waals surface area contributed by atoms with Crippen molar-refractivity contribution < 1.29 is 33.6 Å². The van der Waals surface area contributed by atoms with Crippen LogP contribution in [0.5, 0.6) is 0 Å². The molecule has 3 aromatic carbocycles. The van der Waals surface area contributed by atoms with E-state index in [4.69, 9.17) is 18.9 Å². The Kier molecular flexibility index (Phi) is 9.81. The van der Waals surface area contributed by atoms with Gasteiger partial charge in [-0.1, -0.05) is 72.8 Å². The van der Waals surface area contributed by atoms with Crippen molar-refractivity contribution in [3.8, 4) is 0 Å². The van der Waals surface area contributed by atoms with Crippen LogP contribution in [0.1, 0.15) is 39.1 Å². The van der Waals surface area contributed by atoms with Gasteiger partial charge in [-0.3, -0.25) is 0 Å². The summed E-state index contributed by atoms with van der Waals surface area (Å²) in [4.78, 5) is 25.5. The minimum absolute atomic E-state index is 0.158. The van der Waals surface area contributed by atoms with Crippen LogP contribution >= 0.6 is 0 Å². The lowest BCUT2D eigenvalue weighted by Gasteiger charge is -2.25. The molecule has 1 aliphatic heterocycles. The maximum atomic E-state index is 12.9. The number of rotatable bonds is 12. The molecule has 1 heterocycles. The predicted molar refractivity (Wildman–Crippen MR) is 141 cm³/mol. The first-order valence-electron chi connectivity index (χ1n) is 12.6. The standard InChI is InChI=1S/C31H32O7/c1-2-12-26-28(32)29(35-20-22-13-6-3-7-14-22)27(38-26)19-25(37-31(34)24-17-10-5-11-18-24)21-36-30(33)23-15-8-4-9-16-23/h2-11,13-18,25-29,32H,1,12,19-21H2/t25?,26-,27?,28-,29-/m0/s1. The number of carbonyl (C=O) groups excluding carboxylic acids is 2. The SMILES string of the molecule is C=CC[C@@H]1OC(CC(COC(=O)c2ccccc2)OC(=O)c2ccccc2)[C@H](OCc2ccccc2)[C@H]1O. The van der Waals surface area contributed by atoms with E-state index in [1.165, 1.54) is 0 Å². The van der Waals surface area contributed by atoms with E-state index in [1.807, 2.05) is 30.3 Å². The minimum atomic E-state index is -0.904. The van der Waals surface area contributed by atoms with E-state index in [1.54, 1.807) is 66.7 Å². The van der Waals surface area contributed by atoms with Crippen molar-refractivity contribution >= 4 is 11.9 Å². The molecule has 0 aliphatic carbocycles. The number of benzene rings is 3. The number of esters is 2. The van der Waals surface area contributed by atoms with Gasteiger partial charge >= 0.3 is 11.9 Å². The Balaban J connectivity index is 1.49. The third-order valence-electron chi connectivity index (χ3n) is 6.31. The fourth-order valence-electron chi connectivity index (χ4n) is 4.36. The highest BCUT2D eigenvalue weighted by Gasteiger charge is 2.45. The summed E-state index contributed by atoms with van der Waals surface area (Å²) < 4.78 is 23.5. The van der Waals surface area contributed by atoms with Gasteiger partial charge in [0.05, 0.1) is 29.9 Å². The highest BCUT2D eigenvalue weighted by Crippen LogP contribution is 2.31. The lowest BCUT2D eigenvalue weighted by atomic mass is 10.0. The van der Waals surface area contributed by atoms with Gasteiger partial charge in [0.1, 0.15) is 24.9 Å². The molecule has 5 atom stereocenters. The molecule has 1 N–H and O–H groups in total. The maximum Gasteiger partial charge on any atom is 0.338 e. The molecule has 1 fully saturated rings. The smallest absolute Gasteiger partial charge is 0.338 e. The molecular formula is C31H32O7. The van der Waals surface area contributed by atoms with Crippen LogP contribution in [-0.2, 0) is 25.6 Å². The summed E-state index contributed by atoms with van der Waals surface area (Å²) in [5.74, 6) is -1.07. The lowest BCUT2D eigenvalue weighted by molar-refractivity contribution is -0.0690. The van der Waals surface area contributed by atoms with Gasteiger partial charge in [0.15, 0.2) is 0 Å². The molecule has 3 aromatic rings. The minimum Gasteiger partial charge on any atom is -0.458 e. The Morgan fingerprint density at radius 1 is 0.868 bits per heavy atom. The monoisotopic (exact) mass is 516 g/mol. The number of ether oxygens (including phenoxy) is 4. The molecule has 0 spiro atoms. The van der Waals surface area contributed by atoms with Crippen LogP contribution < -0.4 is 0 Å². The summed E-state index contributed by atoms with van der Waals surface area (Å²) in [6, 6.07) is 26.8. The Hall–Kier alpha value is -3.78. The molecule has 4 rings (SSSR count). The van der Waals surface area contributed by atoms with Gasteiger partial charge in [-0.2, -0.15) is 0 Å². The number of carbonyl (C=O) groups is 2. The lowest BCUT2D eigenvalue weighted by Crippen LogP contribution is -2.38. The topological polar surface area (TPSA) is 91.3 Å². The average Bonchev–Trinajstić information content (AvgIpc) is 3.25. The largest absolute Gasteiger partial charge is 0.458 e. The Bertz CT molecular complexity index is 1170. The van der Waals surface area contributed by atoms with Crippen molar-refractivity contribution in [1.29, 1.82) is 0 Å². The van der Waals surface area contributed by atoms with E-state index in [2.05, 4.69) is 6.58 Å². The summed E-state index contributed by atoms with van der Waals surface area (Å²) in [5.41, 5.74) is 1.72. The quantitative estimate of drug-likeness (QED) is 0.274. The first-order valence-corrected chi connectivity index (χ1v) is 12.6. The third-order valence-corrected chi connectivity index (χ3v) is 6.31. The van der Waals surface area contributed by atoms with Gasteiger partial charge in [-0.15, -0.1) is 6.58 Å².